The van der Waals surface area contributed by atoms with Crippen molar-refractivity contribution in [2.24, 2.45) is 0 Å². The number of rotatable bonds is 5. The first-order valence-corrected chi connectivity index (χ1v) is 10.3. The summed E-state index contributed by atoms with van der Waals surface area (Å²) in [4.78, 5) is 17.6. The number of benzene rings is 2. The predicted octanol–water partition coefficient (Wildman–Crippen LogP) is 2.72. The fourth-order valence-corrected chi connectivity index (χ4v) is 4.03. The quantitative estimate of drug-likeness (QED) is 0.840. The van der Waals surface area contributed by atoms with E-state index in [0.29, 0.717) is 6.54 Å². The third-order valence-corrected chi connectivity index (χ3v) is 5.82. The molecule has 0 aliphatic carbocycles. The molecule has 0 spiro atoms. The van der Waals surface area contributed by atoms with Gasteiger partial charge in [0.05, 0.1) is 0 Å². The fourth-order valence-electron chi connectivity index (χ4n) is 4.03. The van der Waals surface area contributed by atoms with Gasteiger partial charge in [0, 0.05) is 57.1 Å². The molecular formula is C23H30N4O. The Balaban J connectivity index is 1.32. The van der Waals surface area contributed by atoms with Crippen molar-refractivity contribution >= 4 is 11.6 Å². The van der Waals surface area contributed by atoms with Crippen LogP contribution in [0.15, 0.2) is 42.5 Å². The second-order valence-corrected chi connectivity index (χ2v) is 7.94. The molecule has 0 bridgehead atoms. The summed E-state index contributed by atoms with van der Waals surface area (Å²) >= 11 is 0. The number of hydrogen-bond donors (Lipinski definition) is 2. The maximum Gasteiger partial charge on any atom is 0.251 e. The van der Waals surface area contributed by atoms with Gasteiger partial charge in [-0.15, -0.1) is 0 Å². The summed E-state index contributed by atoms with van der Waals surface area (Å²) in [6.45, 7) is 7.09. The number of amides is 1. The summed E-state index contributed by atoms with van der Waals surface area (Å²) in [5.74, 6) is 0.0158. The van der Waals surface area contributed by atoms with Crippen LogP contribution in [-0.2, 0) is 19.5 Å². The normalized spacial score (nSPS) is 17.6. The topological polar surface area (TPSA) is 47.6 Å². The monoisotopic (exact) mass is 378 g/mol. The van der Waals surface area contributed by atoms with Crippen molar-refractivity contribution in [1.82, 2.24) is 15.1 Å². The number of anilines is 1. The van der Waals surface area contributed by atoms with Gasteiger partial charge in [-0.2, -0.15) is 0 Å². The van der Waals surface area contributed by atoms with Crippen molar-refractivity contribution in [3.05, 3.63) is 64.7 Å². The van der Waals surface area contributed by atoms with Crippen LogP contribution >= 0.6 is 0 Å². The lowest BCUT2D eigenvalue weighted by Gasteiger charge is -2.32. The van der Waals surface area contributed by atoms with Crippen LogP contribution in [0.4, 0.5) is 5.69 Å². The lowest BCUT2D eigenvalue weighted by atomic mass is 9.97. The third kappa shape index (κ3) is 4.54. The van der Waals surface area contributed by atoms with E-state index in [9.17, 15) is 4.79 Å². The molecule has 2 aromatic rings. The zero-order chi connectivity index (χ0) is 19.3. The second kappa shape index (κ2) is 8.76. The van der Waals surface area contributed by atoms with Crippen molar-refractivity contribution in [3.8, 4) is 0 Å². The number of carbonyl (C=O) groups is 1. The van der Waals surface area contributed by atoms with Gasteiger partial charge in [0.1, 0.15) is 0 Å². The Labute approximate surface area is 167 Å². The number of carbonyl (C=O) groups excluding carboxylic acids is 1. The molecular weight excluding hydrogens is 348 g/mol. The Kier molecular flexibility index (Phi) is 5.93. The van der Waals surface area contributed by atoms with Crippen LogP contribution in [0, 0.1) is 0 Å². The van der Waals surface area contributed by atoms with E-state index in [1.807, 2.05) is 12.1 Å². The molecule has 1 amide bonds. The summed E-state index contributed by atoms with van der Waals surface area (Å²) in [5, 5.41) is 6.48. The van der Waals surface area contributed by atoms with Gasteiger partial charge >= 0.3 is 0 Å². The molecule has 0 aromatic heterocycles. The van der Waals surface area contributed by atoms with Crippen LogP contribution in [0.2, 0.25) is 0 Å². The highest BCUT2D eigenvalue weighted by Crippen LogP contribution is 2.25. The van der Waals surface area contributed by atoms with Gasteiger partial charge in [0.15, 0.2) is 0 Å². The largest absolute Gasteiger partial charge is 0.385 e. The third-order valence-electron chi connectivity index (χ3n) is 5.82. The van der Waals surface area contributed by atoms with Gasteiger partial charge in [0.2, 0.25) is 0 Å². The highest BCUT2D eigenvalue weighted by Gasteiger charge is 2.17. The van der Waals surface area contributed by atoms with Gasteiger partial charge in [-0.25, -0.2) is 0 Å². The van der Waals surface area contributed by atoms with Gasteiger partial charge in [0.25, 0.3) is 5.91 Å². The molecule has 148 valence electrons. The molecule has 2 heterocycles. The minimum atomic E-state index is 0.0158. The molecule has 2 aliphatic heterocycles. The summed E-state index contributed by atoms with van der Waals surface area (Å²) in [6, 6.07) is 14.6. The Bertz CT molecular complexity index is 810. The molecule has 1 fully saturated rings. The van der Waals surface area contributed by atoms with Crippen molar-refractivity contribution in [1.29, 1.82) is 0 Å². The number of piperazine rings is 1. The van der Waals surface area contributed by atoms with Crippen LogP contribution in [0.1, 0.15) is 33.5 Å². The summed E-state index contributed by atoms with van der Waals surface area (Å²) in [5.41, 5.74) is 5.53. The molecule has 0 saturated carbocycles. The SMILES string of the molecule is CN1CCN(Cc2ccc(CNC(=O)c3cccc4c3CCCN4)cc2)CC1. The van der Waals surface area contributed by atoms with Gasteiger partial charge < -0.3 is 15.5 Å². The van der Waals surface area contributed by atoms with Crippen molar-refractivity contribution in [2.75, 3.05) is 45.1 Å². The standard InChI is InChI=1S/C23H30N4O/c1-26-12-14-27(15-13-26)17-19-9-7-18(8-10-19)16-25-23(28)21-4-2-6-22-20(21)5-3-11-24-22/h2,4,6-10,24H,3,5,11-17H2,1H3,(H,25,28). The van der Waals surface area contributed by atoms with Crippen LogP contribution in [0.5, 0.6) is 0 Å². The smallest absolute Gasteiger partial charge is 0.251 e. The highest BCUT2D eigenvalue weighted by atomic mass is 16.1. The molecule has 1 saturated heterocycles. The van der Waals surface area contributed by atoms with Crippen LogP contribution in [0.25, 0.3) is 0 Å². The van der Waals surface area contributed by atoms with Gasteiger partial charge in [-0.1, -0.05) is 30.3 Å². The van der Waals surface area contributed by atoms with Crippen molar-refractivity contribution in [3.63, 3.8) is 0 Å². The van der Waals surface area contributed by atoms with E-state index >= 15 is 0 Å². The van der Waals surface area contributed by atoms with E-state index in [4.69, 9.17) is 0 Å². The van der Waals surface area contributed by atoms with E-state index in [0.717, 1.165) is 74.5 Å². The van der Waals surface area contributed by atoms with Crippen LogP contribution in [-0.4, -0.2) is 55.5 Å². The minimum Gasteiger partial charge on any atom is -0.385 e. The van der Waals surface area contributed by atoms with E-state index in [1.165, 1.54) is 5.56 Å². The summed E-state index contributed by atoms with van der Waals surface area (Å²) in [6.07, 6.45) is 2.04. The van der Waals surface area contributed by atoms with E-state index in [2.05, 4.69) is 57.8 Å². The molecule has 0 atom stereocenters. The Hall–Kier alpha value is -2.37. The average molecular weight is 379 g/mol. The lowest BCUT2D eigenvalue weighted by Crippen LogP contribution is -2.43. The van der Waals surface area contributed by atoms with Crippen molar-refractivity contribution < 1.29 is 4.79 Å². The molecule has 4 rings (SSSR count). The molecule has 2 aliphatic rings. The zero-order valence-corrected chi connectivity index (χ0v) is 16.7. The second-order valence-electron chi connectivity index (χ2n) is 7.94. The highest BCUT2D eigenvalue weighted by molar-refractivity contribution is 5.97. The molecule has 2 N–H and O–H groups in total. The maximum absolute atomic E-state index is 12.7. The van der Waals surface area contributed by atoms with Crippen LogP contribution in [0.3, 0.4) is 0 Å². The Morgan fingerprint density at radius 2 is 1.79 bits per heavy atom. The number of fused-ring (bicyclic) bond motifs is 1. The van der Waals surface area contributed by atoms with Crippen LogP contribution < -0.4 is 10.6 Å². The van der Waals surface area contributed by atoms with Crippen molar-refractivity contribution in [2.45, 2.75) is 25.9 Å². The molecule has 0 unspecified atom stereocenters. The summed E-state index contributed by atoms with van der Waals surface area (Å²) in [7, 11) is 2.18. The first kappa shape index (κ1) is 19.0. The molecule has 0 radical (unpaired) electrons. The predicted molar refractivity (Wildman–Crippen MR) is 114 cm³/mol. The number of likely N-dealkylation sites (N-methyl/N-ethyl adjacent to an activating group) is 1. The minimum absolute atomic E-state index is 0.0158. The number of hydrogen-bond acceptors (Lipinski definition) is 4. The molecule has 28 heavy (non-hydrogen) atoms. The Morgan fingerprint density at radius 3 is 2.57 bits per heavy atom. The average Bonchev–Trinajstić information content (AvgIpc) is 2.74. The molecule has 5 nitrogen and oxygen atoms in total. The number of nitrogens with one attached hydrogen (secondary N) is 2. The van der Waals surface area contributed by atoms with Gasteiger partial charge in [-0.3, -0.25) is 9.69 Å². The molecule has 2 aromatic carbocycles. The first-order valence-electron chi connectivity index (χ1n) is 10.3. The Morgan fingerprint density at radius 1 is 1.04 bits per heavy atom. The van der Waals surface area contributed by atoms with Gasteiger partial charge in [-0.05, 0) is 48.7 Å². The number of nitrogens with zero attached hydrogens (tertiary/aromatic N) is 2. The van der Waals surface area contributed by atoms with E-state index < -0.39 is 0 Å². The van der Waals surface area contributed by atoms with E-state index in [-0.39, 0.29) is 5.91 Å². The first-order chi connectivity index (χ1) is 13.7. The molecule has 5 heteroatoms. The zero-order valence-electron chi connectivity index (χ0n) is 16.7. The summed E-state index contributed by atoms with van der Waals surface area (Å²) < 4.78 is 0. The van der Waals surface area contributed by atoms with E-state index in [1.54, 1.807) is 0 Å². The fraction of sp³-hybridized carbons (Fsp3) is 0.435. The maximum atomic E-state index is 12.7. The lowest BCUT2D eigenvalue weighted by molar-refractivity contribution is 0.0950.